The van der Waals surface area contributed by atoms with Gasteiger partial charge in [0.2, 0.25) is 0 Å². The maximum Gasteiger partial charge on any atom is 0.0231 e. The van der Waals surface area contributed by atoms with Gasteiger partial charge < -0.3 is 9.80 Å². The summed E-state index contributed by atoms with van der Waals surface area (Å²) in [7, 11) is 4.43. The van der Waals surface area contributed by atoms with Crippen LogP contribution in [0.15, 0.2) is 18.2 Å². The first kappa shape index (κ1) is 21.5. The van der Waals surface area contributed by atoms with Crippen LogP contribution in [0, 0.1) is 11.8 Å². The van der Waals surface area contributed by atoms with Crippen molar-refractivity contribution in [3.8, 4) is 0 Å². The van der Waals surface area contributed by atoms with Gasteiger partial charge in [0.15, 0.2) is 0 Å². The summed E-state index contributed by atoms with van der Waals surface area (Å²) in [5.74, 6) is 3.84. The van der Waals surface area contributed by atoms with Gasteiger partial charge in [0.1, 0.15) is 0 Å². The van der Waals surface area contributed by atoms with Crippen molar-refractivity contribution in [3.63, 3.8) is 0 Å². The summed E-state index contributed by atoms with van der Waals surface area (Å²) >= 11 is 2.06. The second-order valence-electron chi connectivity index (χ2n) is 7.99. The molecule has 0 N–H and O–H groups in total. The lowest BCUT2D eigenvalue weighted by molar-refractivity contribution is 0.288. The highest BCUT2D eigenvalue weighted by Gasteiger charge is 2.08. The molecule has 0 spiro atoms. The molecule has 138 valence electrons. The normalized spacial score (nSPS) is 12.1. The van der Waals surface area contributed by atoms with Gasteiger partial charge >= 0.3 is 0 Å². The Labute approximate surface area is 155 Å². The summed E-state index contributed by atoms with van der Waals surface area (Å²) in [6, 6.07) is 7.23. The highest BCUT2D eigenvalue weighted by Crippen LogP contribution is 2.20. The second-order valence-corrected chi connectivity index (χ2v) is 9.02. The number of benzene rings is 1. The maximum absolute atomic E-state index is 2.44. The van der Waals surface area contributed by atoms with Crippen molar-refractivity contribution in [1.29, 1.82) is 0 Å². The van der Waals surface area contributed by atoms with Crippen molar-refractivity contribution in [2.75, 3.05) is 32.9 Å². The van der Waals surface area contributed by atoms with Gasteiger partial charge in [0.05, 0.1) is 0 Å². The lowest BCUT2D eigenvalue weighted by Crippen LogP contribution is -2.23. The zero-order valence-electron chi connectivity index (χ0n) is 16.9. The molecule has 0 radical (unpaired) electrons. The van der Waals surface area contributed by atoms with E-state index >= 15 is 0 Å². The molecular weight excluding hydrogens is 312 g/mol. The largest absolute Gasteiger partial charge is 0.302 e. The lowest BCUT2D eigenvalue weighted by atomic mass is 10.1. The summed E-state index contributed by atoms with van der Waals surface area (Å²) in [4.78, 5) is 4.82. The van der Waals surface area contributed by atoms with Crippen LogP contribution in [0.4, 0.5) is 0 Å². The van der Waals surface area contributed by atoms with Gasteiger partial charge in [-0.2, -0.15) is 11.8 Å². The summed E-state index contributed by atoms with van der Waals surface area (Å²) in [6.45, 7) is 15.7. The molecule has 0 saturated carbocycles. The Morgan fingerprint density at radius 1 is 0.833 bits per heavy atom. The maximum atomic E-state index is 2.44. The Hall–Kier alpha value is -0.510. The minimum Gasteiger partial charge on any atom is -0.302 e. The summed E-state index contributed by atoms with van der Waals surface area (Å²) in [5, 5.41) is 0. The predicted molar refractivity (Wildman–Crippen MR) is 111 cm³/mol. The van der Waals surface area contributed by atoms with Gasteiger partial charge in [0, 0.05) is 25.4 Å². The third-order valence-corrected chi connectivity index (χ3v) is 5.39. The molecule has 0 aromatic heterocycles. The third kappa shape index (κ3) is 9.10. The van der Waals surface area contributed by atoms with Crippen LogP contribution in [0.5, 0.6) is 0 Å². The van der Waals surface area contributed by atoms with Crippen LogP contribution in [0.1, 0.15) is 51.3 Å². The molecule has 0 saturated heterocycles. The number of thioether (sulfide) groups is 1. The van der Waals surface area contributed by atoms with E-state index in [0.29, 0.717) is 5.92 Å². The lowest BCUT2D eigenvalue weighted by Gasteiger charge is -2.21. The topological polar surface area (TPSA) is 6.48 Å². The fourth-order valence-electron chi connectivity index (χ4n) is 2.94. The monoisotopic (exact) mass is 350 g/mol. The number of hydrogen-bond donors (Lipinski definition) is 0. The first-order valence-corrected chi connectivity index (χ1v) is 10.5. The smallest absolute Gasteiger partial charge is 0.0231 e. The standard InChI is InChI=1S/C21H38N2S/c1-8-22(6)13-19-9-20(14-23(7)12-17(2)3)11-21(10-19)16-24-15-18(4)5/h9-11,17-18H,8,12-16H2,1-7H3. The van der Waals surface area contributed by atoms with Crippen molar-refractivity contribution in [3.05, 3.63) is 34.9 Å². The van der Waals surface area contributed by atoms with E-state index in [2.05, 4.69) is 88.5 Å². The van der Waals surface area contributed by atoms with E-state index in [9.17, 15) is 0 Å². The van der Waals surface area contributed by atoms with Crippen molar-refractivity contribution in [2.24, 2.45) is 11.8 Å². The van der Waals surface area contributed by atoms with Gasteiger partial charge in [-0.1, -0.05) is 52.8 Å². The highest BCUT2D eigenvalue weighted by atomic mass is 32.2. The van der Waals surface area contributed by atoms with E-state index in [1.807, 2.05) is 0 Å². The third-order valence-electron chi connectivity index (χ3n) is 3.95. The molecule has 0 unspecified atom stereocenters. The molecule has 0 fully saturated rings. The molecule has 0 aliphatic heterocycles. The van der Waals surface area contributed by atoms with E-state index in [-0.39, 0.29) is 0 Å². The summed E-state index contributed by atoms with van der Waals surface area (Å²) < 4.78 is 0. The van der Waals surface area contributed by atoms with E-state index < -0.39 is 0 Å². The molecule has 0 amide bonds. The van der Waals surface area contributed by atoms with Crippen LogP contribution in [-0.4, -0.2) is 42.7 Å². The number of rotatable bonds is 11. The molecule has 1 rings (SSSR count). The minimum atomic E-state index is 0.713. The van der Waals surface area contributed by atoms with Crippen LogP contribution in [0.3, 0.4) is 0 Å². The van der Waals surface area contributed by atoms with Crippen molar-refractivity contribution >= 4 is 11.8 Å². The average Bonchev–Trinajstić information content (AvgIpc) is 2.45. The van der Waals surface area contributed by atoms with E-state index in [0.717, 1.165) is 37.8 Å². The number of nitrogens with zero attached hydrogens (tertiary/aromatic N) is 2. The molecule has 0 atom stereocenters. The van der Waals surface area contributed by atoms with Crippen LogP contribution in [0.25, 0.3) is 0 Å². The predicted octanol–water partition coefficient (Wildman–Crippen LogP) is 5.12. The summed E-state index contributed by atoms with van der Waals surface area (Å²) in [6.07, 6.45) is 0. The SMILES string of the molecule is CCN(C)Cc1cc(CSCC(C)C)cc(CN(C)CC(C)C)c1. The Morgan fingerprint density at radius 2 is 1.38 bits per heavy atom. The quantitative estimate of drug-likeness (QED) is 0.547. The molecule has 0 aliphatic carbocycles. The Morgan fingerprint density at radius 3 is 1.88 bits per heavy atom. The second kappa shape index (κ2) is 11.2. The minimum absolute atomic E-state index is 0.713. The Bertz CT molecular complexity index is 471. The molecule has 24 heavy (non-hydrogen) atoms. The average molecular weight is 351 g/mol. The van der Waals surface area contributed by atoms with Crippen molar-refractivity contribution < 1.29 is 0 Å². The van der Waals surface area contributed by atoms with E-state index in [1.165, 1.54) is 22.4 Å². The molecule has 1 aromatic rings. The molecule has 0 bridgehead atoms. The molecular formula is C21H38N2S. The van der Waals surface area contributed by atoms with Gasteiger partial charge in [0.25, 0.3) is 0 Å². The first-order chi connectivity index (χ1) is 11.3. The van der Waals surface area contributed by atoms with Gasteiger partial charge in [-0.3, -0.25) is 0 Å². The van der Waals surface area contributed by atoms with E-state index in [1.54, 1.807) is 0 Å². The van der Waals surface area contributed by atoms with Crippen LogP contribution in [0.2, 0.25) is 0 Å². The van der Waals surface area contributed by atoms with Crippen LogP contribution >= 0.6 is 11.8 Å². The van der Waals surface area contributed by atoms with Gasteiger partial charge in [-0.25, -0.2) is 0 Å². The molecule has 2 nitrogen and oxygen atoms in total. The van der Waals surface area contributed by atoms with Gasteiger partial charge in [-0.05, 0) is 54.9 Å². The van der Waals surface area contributed by atoms with E-state index in [4.69, 9.17) is 0 Å². The zero-order valence-corrected chi connectivity index (χ0v) is 17.7. The fraction of sp³-hybridized carbons (Fsp3) is 0.714. The van der Waals surface area contributed by atoms with Crippen molar-refractivity contribution in [2.45, 2.75) is 53.5 Å². The Balaban J connectivity index is 2.84. The molecule has 3 heteroatoms. The summed E-state index contributed by atoms with van der Waals surface area (Å²) in [5.41, 5.74) is 4.39. The number of hydrogen-bond acceptors (Lipinski definition) is 3. The molecule has 0 aliphatic rings. The highest BCUT2D eigenvalue weighted by molar-refractivity contribution is 7.98. The van der Waals surface area contributed by atoms with Crippen LogP contribution < -0.4 is 0 Å². The molecule has 1 aromatic carbocycles. The first-order valence-electron chi connectivity index (χ1n) is 9.36. The van der Waals surface area contributed by atoms with Gasteiger partial charge in [-0.15, -0.1) is 0 Å². The fourth-order valence-corrected chi connectivity index (χ4v) is 3.93. The zero-order chi connectivity index (χ0) is 18.1. The Kier molecular flexibility index (Phi) is 10.0. The molecule has 0 heterocycles. The van der Waals surface area contributed by atoms with Crippen molar-refractivity contribution in [1.82, 2.24) is 9.80 Å². The van der Waals surface area contributed by atoms with Crippen LogP contribution in [-0.2, 0) is 18.8 Å².